The van der Waals surface area contributed by atoms with Crippen molar-refractivity contribution in [2.24, 2.45) is 0 Å². The van der Waals surface area contributed by atoms with Gasteiger partial charge in [-0.2, -0.15) is 0 Å². The van der Waals surface area contributed by atoms with Gasteiger partial charge >= 0.3 is 69.1 Å². The summed E-state index contributed by atoms with van der Waals surface area (Å²) < 4.78 is 0. The van der Waals surface area contributed by atoms with Crippen molar-refractivity contribution in [3.8, 4) is 0 Å². The predicted molar refractivity (Wildman–Crippen MR) is 118 cm³/mol. The Hall–Kier alpha value is 0.847. The van der Waals surface area contributed by atoms with Crippen LogP contribution in [-0.2, 0) is 30.3 Å². The fourth-order valence-electron chi connectivity index (χ4n) is 1.32. The molecular weight excluding hydrogens is 584 g/mol. The Morgan fingerprint density at radius 3 is 0.731 bits per heavy atom. The van der Waals surface area contributed by atoms with Crippen LogP contribution >= 0.6 is 38.8 Å². The number of rotatable bonds is 10. The second-order valence-corrected chi connectivity index (χ2v) is 10.7. The molecule has 0 saturated carbocycles. The van der Waals surface area contributed by atoms with E-state index in [9.17, 15) is 0 Å². The summed E-state index contributed by atoms with van der Waals surface area (Å²) in [5, 5.41) is 0. The van der Waals surface area contributed by atoms with E-state index < -0.39 is 0 Å². The van der Waals surface area contributed by atoms with Crippen LogP contribution in [0.2, 0.25) is 0 Å². The Labute approximate surface area is 195 Å². The molecule has 0 unspecified atom stereocenters. The molecule has 0 aliphatic carbocycles. The van der Waals surface area contributed by atoms with Gasteiger partial charge in [0.05, 0.1) is 0 Å². The van der Waals surface area contributed by atoms with Crippen molar-refractivity contribution in [2.45, 2.75) is 53.4 Å². The third kappa shape index (κ3) is 64.1. The van der Waals surface area contributed by atoms with Crippen LogP contribution in [0.3, 0.4) is 0 Å². The molecule has 0 aromatic rings. The van der Waals surface area contributed by atoms with Gasteiger partial charge in [0, 0.05) is 0 Å². The van der Waals surface area contributed by atoms with Crippen LogP contribution in [0.4, 0.5) is 0 Å². The molecule has 0 aliphatic heterocycles. The molecule has 0 N–H and O–H groups in total. The summed E-state index contributed by atoms with van der Waals surface area (Å²) in [5.41, 5.74) is 4.59. The molecule has 0 aliphatic rings. The first-order chi connectivity index (χ1) is 12.1. The van der Waals surface area contributed by atoms with E-state index in [4.69, 9.17) is 38.8 Å². The van der Waals surface area contributed by atoms with Gasteiger partial charge in [-0.3, -0.25) is 0 Å². The molecule has 0 spiro atoms. The van der Waals surface area contributed by atoms with E-state index in [2.05, 4.69) is 52.0 Å². The van der Waals surface area contributed by atoms with E-state index in [0.717, 1.165) is 48.0 Å². The molecule has 6 heteroatoms. The van der Waals surface area contributed by atoms with Crippen molar-refractivity contribution in [1.29, 1.82) is 0 Å². The maximum absolute atomic E-state index is 4.85. The van der Waals surface area contributed by atoms with E-state index in [1.165, 1.54) is 0 Å². The van der Waals surface area contributed by atoms with Crippen LogP contribution in [0.5, 0.6) is 0 Å². The molecule has 156 valence electrons. The molecule has 0 amide bonds. The van der Waals surface area contributed by atoms with Gasteiger partial charge in [0.1, 0.15) is 0 Å². The van der Waals surface area contributed by atoms with Crippen LogP contribution < -0.4 is 0 Å². The van der Waals surface area contributed by atoms with Crippen molar-refractivity contribution in [1.82, 2.24) is 0 Å². The Morgan fingerprint density at radius 2 is 0.654 bits per heavy atom. The second-order valence-electron chi connectivity index (χ2n) is 5.46. The fourth-order valence-corrected chi connectivity index (χ4v) is 1.32. The SMILES string of the molecule is C=C(C)[CH-]CC[CH-]C(=C)C.C=C(C)[CH-]CC[CH-]C(=C)C.[Cl][Ru+2][Cl].[Cl][Ru+2][Cl]. The summed E-state index contributed by atoms with van der Waals surface area (Å²) in [4.78, 5) is 0. The first kappa shape index (κ1) is 34.4. The molecule has 26 heavy (non-hydrogen) atoms. The van der Waals surface area contributed by atoms with Gasteiger partial charge in [0.2, 0.25) is 0 Å². The third-order valence-electron chi connectivity index (χ3n) is 2.30. The van der Waals surface area contributed by atoms with Crippen LogP contribution in [0, 0.1) is 25.7 Å². The van der Waals surface area contributed by atoms with Crippen molar-refractivity contribution >= 4 is 38.8 Å². The molecule has 0 atom stereocenters. The second kappa shape index (κ2) is 30.6. The minimum atomic E-state index is -0.346. The van der Waals surface area contributed by atoms with Crippen LogP contribution in [-0.4, -0.2) is 0 Å². The standard InChI is InChI=1S/2C10H16.4ClH.2Ru/c2*1-9(2)7-5-6-8-10(3)4;;;;;;/h2*7-8H,1,3,5-6H2,2,4H3;4*1H;;/q2*-2;;;;;2*+4/p-4. The summed E-state index contributed by atoms with van der Waals surface area (Å²) in [5.74, 6) is 0. The quantitative estimate of drug-likeness (QED) is 0.130. The van der Waals surface area contributed by atoms with Crippen molar-refractivity contribution in [3.05, 3.63) is 74.3 Å². The molecular formula is C20H32Cl4Ru2. The molecule has 0 rings (SSSR count). The van der Waals surface area contributed by atoms with Crippen molar-refractivity contribution in [3.63, 3.8) is 0 Å². The van der Waals surface area contributed by atoms with Gasteiger partial charge in [-0.1, -0.05) is 27.7 Å². The molecule has 0 aromatic heterocycles. The Bertz CT molecular complexity index is 290. The molecule has 0 aromatic carbocycles. The number of hydrogen-bond donors (Lipinski definition) is 0. The van der Waals surface area contributed by atoms with E-state index in [-0.39, 0.29) is 30.3 Å². The van der Waals surface area contributed by atoms with E-state index in [1.807, 2.05) is 27.7 Å². The van der Waals surface area contributed by atoms with Gasteiger partial charge in [0.15, 0.2) is 0 Å². The zero-order chi connectivity index (χ0) is 21.4. The van der Waals surface area contributed by atoms with Crippen molar-refractivity contribution < 1.29 is 30.3 Å². The normalized spacial score (nSPS) is 8.00. The van der Waals surface area contributed by atoms with Gasteiger partial charge in [-0.15, -0.1) is 25.7 Å². The summed E-state index contributed by atoms with van der Waals surface area (Å²) in [7, 11) is 19.4. The first-order valence-corrected chi connectivity index (χ1v) is 16.7. The molecule has 0 nitrogen and oxygen atoms in total. The molecule has 0 saturated heterocycles. The predicted octanol–water partition coefficient (Wildman–Crippen LogP) is 9.41. The average Bonchev–Trinajstić information content (AvgIpc) is 2.50. The van der Waals surface area contributed by atoms with Gasteiger partial charge in [-0.25, -0.2) is 74.3 Å². The fraction of sp³-hybridized carbons (Fsp3) is 0.400. The summed E-state index contributed by atoms with van der Waals surface area (Å²) in [6.45, 7) is 23.2. The Morgan fingerprint density at radius 1 is 0.538 bits per heavy atom. The van der Waals surface area contributed by atoms with E-state index in [1.54, 1.807) is 0 Å². The van der Waals surface area contributed by atoms with Gasteiger partial charge < -0.3 is 0 Å². The topological polar surface area (TPSA) is 0 Å². The summed E-state index contributed by atoms with van der Waals surface area (Å²) in [6, 6.07) is 0. The van der Waals surface area contributed by atoms with Crippen molar-refractivity contribution in [2.75, 3.05) is 0 Å². The third-order valence-corrected chi connectivity index (χ3v) is 2.30. The van der Waals surface area contributed by atoms with Gasteiger partial charge in [-0.05, 0) is 0 Å². The molecule has 0 heterocycles. The van der Waals surface area contributed by atoms with Gasteiger partial charge in [0.25, 0.3) is 0 Å². The van der Waals surface area contributed by atoms with Crippen LogP contribution in [0.1, 0.15) is 53.4 Å². The number of halogens is 4. The van der Waals surface area contributed by atoms with E-state index >= 15 is 0 Å². The molecule has 0 bridgehead atoms. The zero-order valence-corrected chi connectivity index (χ0v) is 22.7. The summed E-state index contributed by atoms with van der Waals surface area (Å²) in [6.07, 6.45) is 12.9. The van der Waals surface area contributed by atoms with Crippen LogP contribution in [0.15, 0.2) is 48.6 Å². The molecule has 0 radical (unpaired) electrons. The molecule has 0 fully saturated rings. The Balaban J connectivity index is -0.000000143. The summed E-state index contributed by atoms with van der Waals surface area (Å²) >= 11 is -0.691. The number of unbranched alkanes of at least 4 members (excludes halogenated alkanes) is 2. The average molecular weight is 616 g/mol. The number of hydrogen-bond acceptors (Lipinski definition) is 0. The van der Waals surface area contributed by atoms with Crippen LogP contribution in [0.25, 0.3) is 0 Å². The van der Waals surface area contributed by atoms with E-state index in [0.29, 0.717) is 0 Å². The zero-order valence-electron chi connectivity index (χ0n) is 16.2. The minimum absolute atomic E-state index is 0.346. The Kier molecular flexibility index (Phi) is 40.4. The first-order valence-electron chi connectivity index (χ1n) is 7.74. The monoisotopic (exact) mass is 616 g/mol. The maximum atomic E-state index is 4.85. The number of allylic oxidation sites excluding steroid dienone is 4.